The molecule has 0 bridgehead atoms. The first-order valence-electron chi connectivity index (χ1n) is 2.98. The first kappa shape index (κ1) is 8.02. The molecule has 0 unspecified atom stereocenters. The van der Waals surface area contributed by atoms with Gasteiger partial charge in [-0.15, -0.1) is 0 Å². The van der Waals surface area contributed by atoms with Crippen molar-refractivity contribution in [2.24, 2.45) is 0 Å². The van der Waals surface area contributed by atoms with E-state index in [-0.39, 0.29) is 0 Å². The average molecular weight is 124 g/mol. The predicted molar refractivity (Wildman–Crippen MR) is 40.3 cm³/mol. The van der Waals surface area contributed by atoms with Crippen LogP contribution in [-0.2, 0) is 0 Å². The molecule has 0 aliphatic carbocycles. The van der Waals surface area contributed by atoms with Gasteiger partial charge in [0.1, 0.15) is 0 Å². The molecule has 0 saturated carbocycles. The van der Waals surface area contributed by atoms with Crippen LogP contribution in [0.4, 0.5) is 0 Å². The van der Waals surface area contributed by atoms with Crippen LogP contribution in [0.5, 0.6) is 0 Å². The van der Waals surface area contributed by atoms with Gasteiger partial charge in [-0.05, 0) is 6.08 Å². The predicted octanol–water partition coefficient (Wildman–Crippen LogP) is 2.58. The summed E-state index contributed by atoms with van der Waals surface area (Å²) in [4.78, 5) is 0. The van der Waals surface area contributed by atoms with E-state index in [2.05, 4.69) is 6.58 Å². The van der Waals surface area contributed by atoms with Gasteiger partial charge in [0.2, 0.25) is 0 Å². The number of hydrogen-bond donors (Lipinski definition) is 1. The second-order valence-electron chi connectivity index (χ2n) is 1.63. The van der Waals surface area contributed by atoms with Gasteiger partial charge < -0.3 is 5.11 Å². The minimum Gasteiger partial charge on any atom is -0.512 e. The van der Waals surface area contributed by atoms with Crippen LogP contribution >= 0.6 is 0 Å². The van der Waals surface area contributed by atoms with Crippen molar-refractivity contribution in [3.63, 3.8) is 0 Å². The van der Waals surface area contributed by atoms with Gasteiger partial charge in [-0.2, -0.15) is 0 Å². The van der Waals surface area contributed by atoms with Gasteiger partial charge in [0.25, 0.3) is 0 Å². The number of aliphatic hydroxyl groups excluding tert-OH is 1. The molecule has 0 fully saturated rings. The summed E-state index contributed by atoms with van der Waals surface area (Å²) in [6.45, 7) is 5.38. The molecular formula is C8H12O. The maximum Gasteiger partial charge on any atom is 0.0919 e. The van der Waals surface area contributed by atoms with Crippen molar-refractivity contribution in [3.8, 4) is 0 Å². The van der Waals surface area contributed by atoms with Crippen LogP contribution in [0.25, 0.3) is 0 Å². The zero-order valence-electron chi connectivity index (χ0n) is 5.67. The number of hydrogen-bond acceptors (Lipinski definition) is 1. The molecule has 50 valence electrons. The van der Waals surface area contributed by atoms with Gasteiger partial charge in [-0.1, -0.05) is 31.7 Å². The summed E-state index contributed by atoms with van der Waals surface area (Å²) >= 11 is 0. The molecule has 0 atom stereocenters. The highest BCUT2D eigenvalue weighted by molar-refractivity contribution is 5.11. The summed E-state index contributed by atoms with van der Waals surface area (Å²) in [6.07, 6.45) is 7.53. The van der Waals surface area contributed by atoms with E-state index in [0.717, 1.165) is 0 Å². The molecular weight excluding hydrogens is 112 g/mol. The van der Waals surface area contributed by atoms with E-state index in [4.69, 9.17) is 5.11 Å². The summed E-state index contributed by atoms with van der Waals surface area (Å²) < 4.78 is 0. The van der Waals surface area contributed by atoms with Crippen LogP contribution in [0, 0.1) is 0 Å². The highest BCUT2D eigenvalue weighted by Gasteiger charge is 1.79. The lowest BCUT2D eigenvalue weighted by Crippen LogP contribution is -1.72. The lowest BCUT2D eigenvalue weighted by Gasteiger charge is -1.86. The summed E-state index contributed by atoms with van der Waals surface area (Å²) in [5, 5.41) is 8.86. The molecule has 0 aromatic heterocycles. The van der Waals surface area contributed by atoms with Crippen LogP contribution < -0.4 is 0 Å². The fraction of sp³-hybridized carbons (Fsp3) is 0.250. The molecule has 0 saturated heterocycles. The van der Waals surface area contributed by atoms with Crippen molar-refractivity contribution >= 4 is 0 Å². The van der Waals surface area contributed by atoms with E-state index < -0.39 is 0 Å². The molecule has 0 spiro atoms. The highest BCUT2D eigenvalue weighted by Crippen LogP contribution is 1.93. The Hall–Kier alpha value is -0.980. The Morgan fingerprint density at radius 2 is 2.22 bits per heavy atom. The van der Waals surface area contributed by atoms with E-state index >= 15 is 0 Å². The fourth-order valence-corrected chi connectivity index (χ4v) is 0.363. The zero-order valence-corrected chi connectivity index (χ0v) is 5.67. The summed E-state index contributed by atoms with van der Waals surface area (Å²) in [6, 6.07) is 0. The number of rotatable bonds is 3. The number of allylic oxidation sites excluding steroid dienone is 5. The first-order valence-corrected chi connectivity index (χ1v) is 2.98. The molecule has 0 heterocycles. The average Bonchev–Trinajstić information content (AvgIpc) is 1.89. The second-order valence-corrected chi connectivity index (χ2v) is 1.63. The van der Waals surface area contributed by atoms with Crippen molar-refractivity contribution < 1.29 is 5.11 Å². The lowest BCUT2D eigenvalue weighted by atomic mass is 10.3. The van der Waals surface area contributed by atoms with E-state index in [0.29, 0.717) is 12.2 Å². The molecule has 0 aromatic rings. The smallest absolute Gasteiger partial charge is 0.0919 e. The van der Waals surface area contributed by atoms with Crippen LogP contribution in [0.15, 0.2) is 36.6 Å². The maximum atomic E-state index is 8.86. The maximum absolute atomic E-state index is 8.86. The SMILES string of the molecule is C=C/C=C\C=C(/O)CC. The molecule has 0 aromatic carbocycles. The summed E-state index contributed by atoms with van der Waals surface area (Å²) in [5.41, 5.74) is 0. The van der Waals surface area contributed by atoms with Crippen molar-refractivity contribution in [2.75, 3.05) is 0 Å². The second kappa shape index (κ2) is 5.16. The normalized spacial score (nSPS) is 12.3. The standard InChI is InChI=1S/C8H12O/c1-3-5-6-7-8(9)4-2/h3,5-7,9H,1,4H2,2H3/b6-5-,8-7-. The van der Waals surface area contributed by atoms with Gasteiger partial charge in [-0.25, -0.2) is 0 Å². The number of aliphatic hydroxyl groups is 1. The van der Waals surface area contributed by atoms with Crippen LogP contribution in [0.1, 0.15) is 13.3 Å². The Morgan fingerprint density at radius 3 is 2.67 bits per heavy atom. The van der Waals surface area contributed by atoms with Gasteiger partial charge in [-0.3, -0.25) is 0 Å². The molecule has 0 aliphatic rings. The highest BCUT2D eigenvalue weighted by atomic mass is 16.3. The van der Waals surface area contributed by atoms with Crippen molar-refractivity contribution in [1.82, 2.24) is 0 Å². The topological polar surface area (TPSA) is 20.2 Å². The summed E-state index contributed by atoms with van der Waals surface area (Å²) in [7, 11) is 0. The van der Waals surface area contributed by atoms with Gasteiger partial charge in [0.05, 0.1) is 5.76 Å². The molecule has 1 nitrogen and oxygen atoms in total. The third-order valence-electron chi connectivity index (χ3n) is 0.898. The van der Waals surface area contributed by atoms with Crippen LogP contribution in [-0.4, -0.2) is 5.11 Å². The van der Waals surface area contributed by atoms with E-state index in [1.807, 2.05) is 6.92 Å². The molecule has 0 rings (SSSR count). The third kappa shape index (κ3) is 4.88. The van der Waals surface area contributed by atoms with Gasteiger partial charge in [0.15, 0.2) is 0 Å². The Morgan fingerprint density at radius 1 is 1.56 bits per heavy atom. The minimum absolute atomic E-state index is 0.396. The van der Waals surface area contributed by atoms with Gasteiger partial charge in [0, 0.05) is 6.42 Å². The van der Waals surface area contributed by atoms with Crippen LogP contribution in [0.2, 0.25) is 0 Å². The van der Waals surface area contributed by atoms with Crippen molar-refractivity contribution in [1.29, 1.82) is 0 Å². The molecule has 9 heavy (non-hydrogen) atoms. The van der Waals surface area contributed by atoms with E-state index in [9.17, 15) is 0 Å². The van der Waals surface area contributed by atoms with Gasteiger partial charge >= 0.3 is 0 Å². The molecule has 1 heteroatoms. The van der Waals surface area contributed by atoms with E-state index in [1.165, 1.54) is 0 Å². The Kier molecular flexibility index (Phi) is 4.60. The summed E-state index contributed by atoms with van der Waals surface area (Å²) in [5.74, 6) is 0.396. The molecule has 1 N–H and O–H groups in total. The monoisotopic (exact) mass is 124 g/mol. The lowest BCUT2D eigenvalue weighted by molar-refractivity contribution is 0.395. The molecule has 0 aliphatic heterocycles. The van der Waals surface area contributed by atoms with Crippen molar-refractivity contribution in [3.05, 3.63) is 36.6 Å². The minimum atomic E-state index is 0.396. The van der Waals surface area contributed by atoms with Crippen LogP contribution in [0.3, 0.4) is 0 Å². The Balaban J connectivity index is 3.67. The zero-order chi connectivity index (χ0) is 7.11. The van der Waals surface area contributed by atoms with E-state index in [1.54, 1.807) is 24.3 Å². The first-order chi connectivity index (χ1) is 4.31. The Bertz CT molecular complexity index is 132. The van der Waals surface area contributed by atoms with Crippen molar-refractivity contribution in [2.45, 2.75) is 13.3 Å². The fourth-order valence-electron chi connectivity index (χ4n) is 0.363. The molecule has 0 amide bonds. The quantitative estimate of drug-likeness (QED) is 0.453. The largest absolute Gasteiger partial charge is 0.512 e. The molecule has 0 radical (unpaired) electrons. The third-order valence-corrected chi connectivity index (χ3v) is 0.898. The Labute approximate surface area is 56.0 Å².